The number of hydrogen-bond donors (Lipinski definition) is 0. The molecular weight excluding hydrogens is 160 g/mol. The van der Waals surface area contributed by atoms with E-state index in [1.54, 1.807) is 6.92 Å². The highest BCUT2D eigenvalue weighted by Gasteiger charge is 2.38. The summed E-state index contributed by atoms with van der Waals surface area (Å²) in [6, 6.07) is 0. The molecule has 13 heavy (non-hydrogen) atoms. The van der Waals surface area contributed by atoms with E-state index in [0.29, 0.717) is 5.92 Å². The zero-order chi connectivity index (χ0) is 9.47. The van der Waals surface area contributed by atoms with Crippen LogP contribution in [0.1, 0.15) is 33.1 Å². The van der Waals surface area contributed by atoms with Gasteiger partial charge in [0.1, 0.15) is 0 Å². The molecule has 0 spiro atoms. The van der Waals surface area contributed by atoms with Gasteiger partial charge in [-0.1, -0.05) is 25.2 Å². The molecule has 70 valence electrons. The van der Waals surface area contributed by atoms with E-state index in [1.165, 1.54) is 6.42 Å². The van der Waals surface area contributed by atoms with Gasteiger partial charge in [-0.2, -0.15) is 0 Å². The molecule has 2 rings (SSSR count). The maximum atomic E-state index is 11.2. The molecule has 0 unspecified atom stereocenters. The van der Waals surface area contributed by atoms with Crippen LogP contribution in [0.3, 0.4) is 0 Å². The molecule has 0 heterocycles. The van der Waals surface area contributed by atoms with E-state index in [9.17, 15) is 4.79 Å². The molecule has 0 N–H and O–H groups in total. The van der Waals surface area contributed by atoms with Crippen molar-refractivity contribution in [2.75, 3.05) is 0 Å². The smallest absolute Gasteiger partial charge is 0.155 e. The molecule has 0 amide bonds. The van der Waals surface area contributed by atoms with Gasteiger partial charge in [-0.15, -0.1) is 0 Å². The molecule has 0 fully saturated rings. The van der Waals surface area contributed by atoms with Crippen LogP contribution >= 0.6 is 0 Å². The van der Waals surface area contributed by atoms with Gasteiger partial charge < -0.3 is 0 Å². The Labute approximate surface area is 79.5 Å². The maximum Gasteiger partial charge on any atom is 0.155 e. The predicted octanol–water partition coefficient (Wildman–Crippen LogP) is 2.88. The van der Waals surface area contributed by atoms with Gasteiger partial charge in [0, 0.05) is 0 Å². The number of hydrogen-bond acceptors (Lipinski definition) is 1. The van der Waals surface area contributed by atoms with Crippen molar-refractivity contribution in [2.45, 2.75) is 33.1 Å². The third-order valence-corrected chi connectivity index (χ3v) is 3.46. The summed E-state index contributed by atoms with van der Waals surface area (Å²) in [5, 5.41) is 0. The van der Waals surface area contributed by atoms with Crippen LogP contribution in [-0.2, 0) is 4.79 Å². The lowest BCUT2D eigenvalue weighted by Crippen LogP contribution is -2.21. The molecule has 1 heteroatoms. The van der Waals surface area contributed by atoms with Crippen molar-refractivity contribution >= 4 is 5.78 Å². The van der Waals surface area contributed by atoms with E-state index in [-0.39, 0.29) is 11.2 Å². The van der Waals surface area contributed by atoms with Gasteiger partial charge in [0.15, 0.2) is 5.78 Å². The van der Waals surface area contributed by atoms with Crippen LogP contribution in [0.15, 0.2) is 23.8 Å². The second-order valence-electron chi connectivity index (χ2n) is 4.51. The number of rotatable bonds is 1. The maximum absolute atomic E-state index is 11.2. The first-order valence-corrected chi connectivity index (χ1v) is 5.01. The van der Waals surface area contributed by atoms with Crippen molar-refractivity contribution in [3.63, 3.8) is 0 Å². The molecule has 0 aromatic rings. The molecule has 0 aliphatic heterocycles. The quantitative estimate of drug-likeness (QED) is 0.561. The first kappa shape index (κ1) is 8.74. The van der Waals surface area contributed by atoms with Gasteiger partial charge in [0.2, 0.25) is 0 Å². The Hall–Kier alpha value is -0.850. The molecule has 0 saturated heterocycles. The molecular formula is C12H16O. The van der Waals surface area contributed by atoms with E-state index in [2.05, 4.69) is 25.2 Å². The molecule has 1 nitrogen and oxygen atoms in total. The SMILES string of the molecule is CC(=O)C1=C[C@@]2(C)CCC=C[C@H]2C1. The van der Waals surface area contributed by atoms with Crippen molar-refractivity contribution in [1.82, 2.24) is 0 Å². The summed E-state index contributed by atoms with van der Waals surface area (Å²) in [6.45, 7) is 3.95. The summed E-state index contributed by atoms with van der Waals surface area (Å²) in [7, 11) is 0. The predicted molar refractivity (Wildman–Crippen MR) is 53.4 cm³/mol. The number of allylic oxidation sites excluding steroid dienone is 4. The van der Waals surface area contributed by atoms with Crippen molar-refractivity contribution in [3.8, 4) is 0 Å². The van der Waals surface area contributed by atoms with Crippen LogP contribution in [0.25, 0.3) is 0 Å². The second-order valence-corrected chi connectivity index (χ2v) is 4.51. The monoisotopic (exact) mass is 176 g/mol. The highest BCUT2D eigenvalue weighted by Crippen LogP contribution is 2.47. The Morgan fingerprint density at radius 2 is 2.38 bits per heavy atom. The molecule has 2 aliphatic carbocycles. The number of fused-ring (bicyclic) bond motifs is 1. The topological polar surface area (TPSA) is 17.1 Å². The summed E-state index contributed by atoms with van der Waals surface area (Å²) in [6.07, 6.45) is 10.1. The van der Waals surface area contributed by atoms with E-state index in [0.717, 1.165) is 18.4 Å². The van der Waals surface area contributed by atoms with Crippen molar-refractivity contribution in [2.24, 2.45) is 11.3 Å². The Kier molecular flexibility index (Phi) is 1.90. The Morgan fingerprint density at radius 1 is 1.62 bits per heavy atom. The van der Waals surface area contributed by atoms with E-state index < -0.39 is 0 Å². The normalized spacial score (nSPS) is 37.1. The number of ketones is 1. The minimum Gasteiger partial charge on any atom is -0.295 e. The lowest BCUT2D eigenvalue weighted by molar-refractivity contribution is -0.113. The van der Waals surface area contributed by atoms with Crippen LogP contribution in [0.2, 0.25) is 0 Å². The van der Waals surface area contributed by atoms with E-state index in [1.807, 2.05) is 0 Å². The van der Waals surface area contributed by atoms with Crippen LogP contribution in [-0.4, -0.2) is 5.78 Å². The minimum atomic E-state index is 0.254. The van der Waals surface area contributed by atoms with Gasteiger partial charge in [-0.05, 0) is 43.1 Å². The number of carbonyl (C=O) groups is 1. The average Bonchev–Trinajstić information content (AvgIpc) is 2.41. The van der Waals surface area contributed by atoms with Crippen molar-refractivity contribution < 1.29 is 4.79 Å². The standard InChI is InChI=1S/C12H16O/c1-9(13)10-7-11-5-3-4-6-12(11,2)8-10/h3,5,8,11H,4,6-7H2,1-2H3/t11-,12+/m0/s1. The largest absolute Gasteiger partial charge is 0.295 e. The fourth-order valence-corrected chi connectivity index (χ4v) is 2.48. The molecule has 0 aromatic heterocycles. The fraction of sp³-hybridized carbons (Fsp3) is 0.583. The summed E-state index contributed by atoms with van der Waals surface area (Å²) in [4.78, 5) is 11.2. The summed E-state index contributed by atoms with van der Waals surface area (Å²) < 4.78 is 0. The summed E-state index contributed by atoms with van der Waals surface area (Å²) in [5.41, 5.74) is 1.31. The zero-order valence-corrected chi connectivity index (χ0v) is 8.34. The van der Waals surface area contributed by atoms with Crippen molar-refractivity contribution in [3.05, 3.63) is 23.8 Å². The van der Waals surface area contributed by atoms with Crippen LogP contribution in [0.5, 0.6) is 0 Å². The summed E-state index contributed by atoms with van der Waals surface area (Å²) in [5.74, 6) is 0.837. The van der Waals surface area contributed by atoms with Gasteiger partial charge in [-0.3, -0.25) is 4.79 Å². The Balaban J connectivity index is 2.29. The molecule has 0 saturated carbocycles. The minimum absolute atomic E-state index is 0.254. The number of Topliss-reactive ketones (excluding diaryl/α,β-unsaturated/α-hetero) is 1. The first-order chi connectivity index (χ1) is 6.12. The summed E-state index contributed by atoms with van der Waals surface area (Å²) >= 11 is 0. The third kappa shape index (κ3) is 1.37. The lowest BCUT2D eigenvalue weighted by atomic mass is 9.73. The average molecular weight is 176 g/mol. The lowest BCUT2D eigenvalue weighted by Gasteiger charge is -2.31. The van der Waals surface area contributed by atoms with Crippen LogP contribution < -0.4 is 0 Å². The van der Waals surface area contributed by atoms with E-state index >= 15 is 0 Å². The Bertz CT molecular complexity index is 298. The van der Waals surface area contributed by atoms with E-state index in [4.69, 9.17) is 0 Å². The van der Waals surface area contributed by atoms with Gasteiger partial charge in [-0.25, -0.2) is 0 Å². The van der Waals surface area contributed by atoms with Gasteiger partial charge >= 0.3 is 0 Å². The van der Waals surface area contributed by atoms with Crippen molar-refractivity contribution in [1.29, 1.82) is 0 Å². The third-order valence-electron chi connectivity index (χ3n) is 3.46. The van der Waals surface area contributed by atoms with Gasteiger partial charge in [0.25, 0.3) is 0 Å². The highest BCUT2D eigenvalue weighted by atomic mass is 16.1. The molecule has 0 aromatic carbocycles. The molecule has 0 radical (unpaired) electrons. The molecule has 2 aliphatic rings. The highest BCUT2D eigenvalue weighted by molar-refractivity contribution is 5.94. The van der Waals surface area contributed by atoms with Crippen LogP contribution in [0.4, 0.5) is 0 Å². The second kappa shape index (κ2) is 2.83. The zero-order valence-electron chi connectivity index (χ0n) is 8.34. The first-order valence-electron chi connectivity index (χ1n) is 5.01. The number of carbonyl (C=O) groups excluding carboxylic acids is 1. The fourth-order valence-electron chi connectivity index (χ4n) is 2.48. The van der Waals surface area contributed by atoms with Gasteiger partial charge in [0.05, 0.1) is 0 Å². The van der Waals surface area contributed by atoms with Crippen LogP contribution in [0, 0.1) is 11.3 Å². The molecule has 0 bridgehead atoms. The molecule has 2 atom stereocenters. The Morgan fingerprint density at radius 3 is 3.00 bits per heavy atom.